The van der Waals surface area contributed by atoms with E-state index in [4.69, 9.17) is 9.72 Å². The van der Waals surface area contributed by atoms with E-state index in [1.807, 2.05) is 18.2 Å². The van der Waals surface area contributed by atoms with E-state index in [0.717, 1.165) is 40.2 Å². The van der Waals surface area contributed by atoms with Gasteiger partial charge in [-0.2, -0.15) is 0 Å². The van der Waals surface area contributed by atoms with Crippen molar-refractivity contribution < 1.29 is 4.74 Å². The molecule has 0 bridgehead atoms. The van der Waals surface area contributed by atoms with E-state index in [0.29, 0.717) is 0 Å². The van der Waals surface area contributed by atoms with Gasteiger partial charge in [0.15, 0.2) is 0 Å². The van der Waals surface area contributed by atoms with Crippen LogP contribution in [0.3, 0.4) is 0 Å². The van der Waals surface area contributed by atoms with E-state index in [1.54, 1.807) is 11.3 Å². The van der Waals surface area contributed by atoms with Gasteiger partial charge in [0, 0.05) is 22.0 Å². The molecule has 4 heteroatoms. The van der Waals surface area contributed by atoms with Gasteiger partial charge in [-0.25, -0.2) is 4.98 Å². The Morgan fingerprint density at radius 3 is 2.94 bits per heavy atom. The fourth-order valence-corrected chi connectivity index (χ4v) is 3.71. The lowest BCUT2D eigenvalue weighted by Gasteiger charge is -2.19. The van der Waals surface area contributed by atoms with Crippen molar-refractivity contribution in [1.82, 2.24) is 4.98 Å². The van der Waals surface area contributed by atoms with E-state index < -0.39 is 0 Å². The number of aromatic nitrogens is 1. The Balaban J connectivity index is 1.97. The lowest BCUT2D eigenvalue weighted by Crippen LogP contribution is -2.19. The first-order chi connectivity index (χ1) is 8.69. The van der Waals surface area contributed by atoms with Gasteiger partial charge in [-0.15, -0.1) is 11.3 Å². The molecule has 0 radical (unpaired) electrons. The minimum Gasteiger partial charge on any atom is -0.368 e. The highest BCUT2D eigenvalue weighted by molar-refractivity contribution is 9.10. The third kappa shape index (κ3) is 2.13. The number of nitrogens with zero attached hydrogens (tertiary/aromatic N) is 1. The number of rotatable bonds is 2. The molecule has 2 nitrogen and oxygen atoms in total. The molecule has 2 heterocycles. The molecule has 0 N–H and O–H groups in total. The maximum atomic E-state index is 5.84. The largest absolute Gasteiger partial charge is 0.368 e. The van der Waals surface area contributed by atoms with Gasteiger partial charge in [0.25, 0.3) is 0 Å². The van der Waals surface area contributed by atoms with Crippen molar-refractivity contribution in [2.24, 2.45) is 0 Å². The van der Waals surface area contributed by atoms with Crippen molar-refractivity contribution in [3.8, 4) is 11.3 Å². The predicted molar refractivity (Wildman–Crippen MR) is 77.8 cm³/mol. The Kier molecular flexibility index (Phi) is 3.26. The minimum absolute atomic E-state index is 0.176. The van der Waals surface area contributed by atoms with E-state index in [1.165, 1.54) is 0 Å². The second-order valence-electron chi connectivity index (χ2n) is 4.70. The fourth-order valence-electron chi connectivity index (χ4n) is 2.26. The van der Waals surface area contributed by atoms with E-state index in [2.05, 4.69) is 34.3 Å². The number of hydrogen-bond acceptors (Lipinski definition) is 3. The standard InChI is InChI=1S/C14H14BrNOS/c1-14(7-4-8-17-14)13-16-12(9-18-13)10-5-2-3-6-11(10)15/h2-3,5-6,9H,4,7-8H2,1H3. The van der Waals surface area contributed by atoms with Crippen LogP contribution in [0.4, 0.5) is 0 Å². The maximum absolute atomic E-state index is 5.84. The van der Waals surface area contributed by atoms with Gasteiger partial charge in [-0.05, 0) is 25.8 Å². The Morgan fingerprint density at radius 2 is 2.22 bits per heavy atom. The molecule has 18 heavy (non-hydrogen) atoms. The summed E-state index contributed by atoms with van der Waals surface area (Å²) in [7, 11) is 0. The molecule has 1 saturated heterocycles. The number of thiazole rings is 1. The zero-order valence-corrected chi connectivity index (χ0v) is 12.6. The topological polar surface area (TPSA) is 22.1 Å². The van der Waals surface area contributed by atoms with E-state index in [9.17, 15) is 0 Å². The zero-order valence-electron chi connectivity index (χ0n) is 10.1. The molecular weight excluding hydrogens is 310 g/mol. The average Bonchev–Trinajstić information content (AvgIpc) is 2.99. The van der Waals surface area contributed by atoms with Crippen LogP contribution >= 0.6 is 27.3 Å². The third-order valence-corrected chi connectivity index (χ3v) is 5.10. The molecule has 1 fully saturated rings. The molecule has 1 aliphatic heterocycles. The molecule has 1 unspecified atom stereocenters. The van der Waals surface area contributed by atoms with Crippen LogP contribution in [-0.4, -0.2) is 11.6 Å². The number of hydrogen-bond donors (Lipinski definition) is 0. The Morgan fingerprint density at radius 1 is 1.39 bits per heavy atom. The Labute approximate surface area is 119 Å². The number of ether oxygens (including phenoxy) is 1. The van der Waals surface area contributed by atoms with E-state index in [-0.39, 0.29) is 5.60 Å². The van der Waals surface area contributed by atoms with Gasteiger partial charge < -0.3 is 4.74 Å². The fraction of sp³-hybridized carbons (Fsp3) is 0.357. The van der Waals surface area contributed by atoms with Gasteiger partial charge in [0.2, 0.25) is 0 Å². The summed E-state index contributed by atoms with van der Waals surface area (Å²) in [5, 5.41) is 3.20. The molecule has 1 aromatic heterocycles. The molecule has 0 amide bonds. The van der Waals surface area contributed by atoms with Crippen molar-refractivity contribution in [3.63, 3.8) is 0 Å². The van der Waals surface area contributed by atoms with Crippen molar-refractivity contribution in [2.75, 3.05) is 6.61 Å². The molecular formula is C14H14BrNOS. The highest BCUT2D eigenvalue weighted by Gasteiger charge is 2.34. The van der Waals surface area contributed by atoms with Crippen LogP contribution in [0.15, 0.2) is 34.1 Å². The van der Waals surface area contributed by atoms with Crippen molar-refractivity contribution in [3.05, 3.63) is 39.1 Å². The van der Waals surface area contributed by atoms with Gasteiger partial charge in [0.05, 0.1) is 5.69 Å². The van der Waals surface area contributed by atoms with Gasteiger partial charge >= 0.3 is 0 Å². The lowest BCUT2D eigenvalue weighted by molar-refractivity contribution is 0.0167. The summed E-state index contributed by atoms with van der Waals surface area (Å²) < 4.78 is 6.92. The first-order valence-corrected chi connectivity index (χ1v) is 7.71. The zero-order chi connectivity index (χ0) is 12.6. The SMILES string of the molecule is CC1(c2nc(-c3ccccc3Br)cs2)CCCO1. The molecule has 0 aliphatic carbocycles. The van der Waals surface area contributed by atoms with Gasteiger partial charge in [-0.3, -0.25) is 0 Å². The van der Waals surface area contributed by atoms with Crippen LogP contribution in [0, 0.1) is 0 Å². The van der Waals surface area contributed by atoms with Gasteiger partial charge in [-0.1, -0.05) is 34.1 Å². The van der Waals surface area contributed by atoms with Crippen LogP contribution < -0.4 is 0 Å². The molecule has 1 aliphatic rings. The lowest BCUT2D eigenvalue weighted by atomic mass is 10.0. The van der Waals surface area contributed by atoms with E-state index >= 15 is 0 Å². The third-order valence-electron chi connectivity index (χ3n) is 3.33. The second-order valence-corrected chi connectivity index (χ2v) is 6.41. The van der Waals surface area contributed by atoms with Crippen LogP contribution in [0.1, 0.15) is 24.8 Å². The summed E-state index contributed by atoms with van der Waals surface area (Å²) in [4.78, 5) is 4.76. The van der Waals surface area contributed by atoms with Crippen LogP contribution in [0.2, 0.25) is 0 Å². The first kappa shape index (κ1) is 12.3. The summed E-state index contributed by atoms with van der Waals surface area (Å²) >= 11 is 5.26. The summed E-state index contributed by atoms with van der Waals surface area (Å²) in [6.45, 7) is 2.99. The molecule has 94 valence electrons. The smallest absolute Gasteiger partial charge is 0.125 e. The normalized spacial score (nSPS) is 23.4. The molecule has 3 rings (SSSR count). The quantitative estimate of drug-likeness (QED) is 0.805. The first-order valence-electron chi connectivity index (χ1n) is 6.04. The molecule has 0 saturated carbocycles. The number of benzene rings is 1. The second kappa shape index (κ2) is 4.76. The summed E-state index contributed by atoms with van der Waals surface area (Å²) in [5.41, 5.74) is 1.99. The maximum Gasteiger partial charge on any atom is 0.125 e. The van der Waals surface area contributed by atoms with Crippen LogP contribution in [0.25, 0.3) is 11.3 Å². The highest BCUT2D eigenvalue weighted by atomic mass is 79.9. The highest BCUT2D eigenvalue weighted by Crippen LogP contribution is 2.39. The summed E-state index contributed by atoms with van der Waals surface area (Å²) in [5.74, 6) is 0. The van der Waals surface area contributed by atoms with Crippen molar-refractivity contribution in [1.29, 1.82) is 0 Å². The van der Waals surface area contributed by atoms with Crippen molar-refractivity contribution >= 4 is 27.3 Å². The molecule has 0 spiro atoms. The Hall–Kier alpha value is -0.710. The Bertz CT molecular complexity index is 560. The monoisotopic (exact) mass is 323 g/mol. The predicted octanol–water partition coefficient (Wildman–Crippen LogP) is 4.60. The van der Waals surface area contributed by atoms with Crippen molar-refractivity contribution in [2.45, 2.75) is 25.4 Å². The molecule has 1 aromatic carbocycles. The van der Waals surface area contributed by atoms with Gasteiger partial charge in [0.1, 0.15) is 10.6 Å². The van der Waals surface area contributed by atoms with Crippen LogP contribution in [0.5, 0.6) is 0 Å². The average molecular weight is 324 g/mol. The minimum atomic E-state index is -0.176. The van der Waals surface area contributed by atoms with Crippen LogP contribution in [-0.2, 0) is 10.3 Å². The summed E-state index contributed by atoms with van der Waals surface area (Å²) in [6, 6.07) is 8.18. The summed E-state index contributed by atoms with van der Waals surface area (Å²) in [6.07, 6.45) is 2.19. The molecule has 1 atom stereocenters. The number of halogens is 1. The molecule has 2 aromatic rings.